The Kier molecular flexibility index (Phi) is 5.36. The molecular formula is C18H26FN3O2. The van der Waals surface area contributed by atoms with Gasteiger partial charge in [-0.05, 0) is 37.9 Å². The largest absolute Gasteiger partial charge is 0.507 e. The zero-order valence-corrected chi connectivity index (χ0v) is 14.2. The first-order chi connectivity index (χ1) is 11.5. The fourth-order valence-corrected chi connectivity index (χ4v) is 3.68. The number of phenols is 1. The number of piperazine rings is 1. The van der Waals surface area contributed by atoms with E-state index >= 15 is 0 Å². The predicted molar refractivity (Wildman–Crippen MR) is 90.6 cm³/mol. The molecule has 24 heavy (non-hydrogen) atoms. The van der Waals surface area contributed by atoms with E-state index in [9.17, 15) is 14.3 Å². The summed E-state index contributed by atoms with van der Waals surface area (Å²) in [5.74, 6) is -0.906. The van der Waals surface area contributed by atoms with Crippen LogP contribution in [0.1, 0.15) is 23.2 Å². The minimum Gasteiger partial charge on any atom is -0.507 e. The third kappa shape index (κ3) is 3.87. The number of hydrogen-bond donors (Lipinski definition) is 1. The number of carbonyl (C=O) groups excluding carboxylic acids is 1. The van der Waals surface area contributed by atoms with E-state index in [4.69, 9.17) is 0 Å². The Morgan fingerprint density at radius 1 is 1.25 bits per heavy atom. The molecule has 5 nitrogen and oxygen atoms in total. The van der Waals surface area contributed by atoms with Crippen molar-refractivity contribution >= 4 is 5.91 Å². The highest BCUT2D eigenvalue weighted by molar-refractivity contribution is 5.97. The van der Waals surface area contributed by atoms with Crippen molar-refractivity contribution in [1.82, 2.24) is 14.7 Å². The van der Waals surface area contributed by atoms with E-state index in [-0.39, 0.29) is 11.3 Å². The van der Waals surface area contributed by atoms with Crippen molar-refractivity contribution in [2.45, 2.75) is 12.8 Å². The number of rotatable bonds is 3. The van der Waals surface area contributed by atoms with Crippen LogP contribution in [0.25, 0.3) is 0 Å². The molecule has 1 N–H and O–H groups in total. The number of aromatic hydroxyl groups is 1. The number of phenolic OH excluding ortho intramolecular Hbond substituents is 1. The zero-order valence-electron chi connectivity index (χ0n) is 14.2. The van der Waals surface area contributed by atoms with E-state index < -0.39 is 11.7 Å². The summed E-state index contributed by atoms with van der Waals surface area (Å²) >= 11 is 0. The molecule has 2 fully saturated rings. The number of carbonyl (C=O) groups is 1. The molecule has 1 amide bonds. The van der Waals surface area contributed by atoms with E-state index in [2.05, 4.69) is 16.8 Å². The summed E-state index contributed by atoms with van der Waals surface area (Å²) in [6.45, 7) is 6.55. The van der Waals surface area contributed by atoms with Gasteiger partial charge in [0.15, 0.2) is 0 Å². The van der Waals surface area contributed by atoms with Gasteiger partial charge in [0.05, 0.1) is 0 Å². The highest BCUT2D eigenvalue weighted by atomic mass is 19.1. The Hall–Kier alpha value is -1.66. The Morgan fingerprint density at radius 2 is 2.00 bits per heavy atom. The van der Waals surface area contributed by atoms with E-state index in [0.29, 0.717) is 19.0 Å². The molecule has 1 aromatic carbocycles. The maximum atomic E-state index is 13.9. The first-order valence-electron chi connectivity index (χ1n) is 8.72. The summed E-state index contributed by atoms with van der Waals surface area (Å²) in [6, 6.07) is 3.99. The van der Waals surface area contributed by atoms with Gasteiger partial charge in [-0.2, -0.15) is 0 Å². The maximum Gasteiger partial charge on any atom is 0.260 e. The van der Waals surface area contributed by atoms with Crippen molar-refractivity contribution in [3.8, 4) is 5.75 Å². The van der Waals surface area contributed by atoms with E-state index in [0.717, 1.165) is 45.6 Å². The first kappa shape index (κ1) is 17.2. The predicted octanol–water partition coefficient (Wildman–Crippen LogP) is 1.63. The van der Waals surface area contributed by atoms with Crippen molar-refractivity contribution in [2.75, 3.05) is 52.9 Å². The normalized spacial score (nSPS) is 23.4. The lowest BCUT2D eigenvalue weighted by atomic mass is 9.96. The smallest absolute Gasteiger partial charge is 0.260 e. The van der Waals surface area contributed by atoms with Crippen molar-refractivity contribution < 1.29 is 14.3 Å². The second kappa shape index (κ2) is 7.49. The number of hydrogen-bond acceptors (Lipinski definition) is 4. The van der Waals surface area contributed by atoms with Crippen LogP contribution in [0.2, 0.25) is 0 Å². The summed E-state index contributed by atoms with van der Waals surface area (Å²) in [6.07, 6.45) is 2.03. The van der Waals surface area contributed by atoms with Gasteiger partial charge in [0.25, 0.3) is 5.91 Å². The van der Waals surface area contributed by atoms with Crippen LogP contribution in [0, 0.1) is 11.7 Å². The van der Waals surface area contributed by atoms with Gasteiger partial charge in [0.1, 0.15) is 17.1 Å². The van der Waals surface area contributed by atoms with Gasteiger partial charge in [0.2, 0.25) is 0 Å². The number of nitrogens with zero attached hydrogens (tertiary/aromatic N) is 3. The molecule has 0 aliphatic carbocycles. The summed E-state index contributed by atoms with van der Waals surface area (Å²) in [5.41, 5.74) is -0.197. The van der Waals surface area contributed by atoms with E-state index in [1.807, 2.05) is 0 Å². The minimum atomic E-state index is -0.652. The summed E-state index contributed by atoms with van der Waals surface area (Å²) in [4.78, 5) is 19.1. The lowest BCUT2D eigenvalue weighted by Gasteiger charge is -2.38. The van der Waals surface area contributed by atoms with Gasteiger partial charge in [-0.3, -0.25) is 4.79 Å². The molecule has 0 spiro atoms. The molecule has 2 saturated heterocycles. The minimum absolute atomic E-state index is 0.197. The van der Waals surface area contributed by atoms with Crippen LogP contribution in [0.5, 0.6) is 5.75 Å². The highest BCUT2D eigenvalue weighted by Crippen LogP contribution is 2.25. The quantitative estimate of drug-likeness (QED) is 0.912. The monoisotopic (exact) mass is 335 g/mol. The summed E-state index contributed by atoms with van der Waals surface area (Å²) in [7, 11) is 2.14. The highest BCUT2D eigenvalue weighted by Gasteiger charge is 2.29. The lowest BCUT2D eigenvalue weighted by molar-refractivity contribution is 0.0602. The molecule has 0 radical (unpaired) electrons. The molecule has 2 aliphatic heterocycles. The van der Waals surface area contributed by atoms with Gasteiger partial charge in [0, 0.05) is 45.8 Å². The van der Waals surface area contributed by atoms with Crippen LogP contribution < -0.4 is 0 Å². The second-order valence-electron chi connectivity index (χ2n) is 7.00. The van der Waals surface area contributed by atoms with Gasteiger partial charge >= 0.3 is 0 Å². The van der Waals surface area contributed by atoms with Crippen LogP contribution in [-0.2, 0) is 0 Å². The Labute approximate surface area is 142 Å². The molecule has 2 aliphatic rings. The summed E-state index contributed by atoms with van der Waals surface area (Å²) < 4.78 is 13.9. The van der Waals surface area contributed by atoms with Crippen LogP contribution in [0.4, 0.5) is 4.39 Å². The van der Waals surface area contributed by atoms with Crippen molar-refractivity contribution in [1.29, 1.82) is 0 Å². The van der Waals surface area contributed by atoms with Crippen LogP contribution in [-0.4, -0.2) is 78.6 Å². The van der Waals surface area contributed by atoms with Crippen molar-refractivity contribution in [2.24, 2.45) is 5.92 Å². The lowest BCUT2D eigenvalue weighted by Crippen LogP contribution is -2.49. The number of likely N-dealkylation sites (tertiary alicyclic amines) is 1. The maximum absolute atomic E-state index is 13.9. The van der Waals surface area contributed by atoms with E-state index in [1.54, 1.807) is 4.90 Å². The molecule has 1 aromatic rings. The Morgan fingerprint density at radius 3 is 2.71 bits per heavy atom. The van der Waals surface area contributed by atoms with Crippen molar-refractivity contribution in [3.63, 3.8) is 0 Å². The van der Waals surface area contributed by atoms with Crippen molar-refractivity contribution in [3.05, 3.63) is 29.6 Å². The average Bonchev–Trinajstić information content (AvgIpc) is 2.57. The Balaban J connectivity index is 1.62. The van der Waals surface area contributed by atoms with Gasteiger partial charge in [-0.15, -0.1) is 0 Å². The molecular weight excluding hydrogens is 309 g/mol. The van der Waals surface area contributed by atoms with Crippen LogP contribution in [0.15, 0.2) is 18.2 Å². The summed E-state index contributed by atoms with van der Waals surface area (Å²) in [5, 5.41) is 9.84. The third-order valence-corrected chi connectivity index (χ3v) is 5.12. The van der Waals surface area contributed by atoms with Gasteiger partial charge in [-0.25, -0.2) is 4.39 Å². The number of halogens is 1. The topological polar surface area (TPSA) is 47.0 Å². The Bertz CT molecular complexity index is 567. The standard InChI is InChI=1S/C18H26FN3O2/c1-20-8-10-21(11-9-20)12-14-4-3-7-22(13-14)18(24)17-15(19)5-2-6-16(17)23/h2,5-6,14,23H,3-4,7-13H2,1H3. The number of likely N-dealkylation sites (N-methyl/N-ethyl adjacent to an activating group) is 1. The molecule has 6 heteroatoms. The van der Waals surface area contributed by atoms with E-state index in [1.165, 1.54) is 18.2 Å². The first-order valence-corrected chi connectivity index (χ1v) is 8.72. The molecule has 0 saturated carbocycles. The number of benzene rings is 1. The van der Waals surface area contributed by atoms with Crippen LogP contribution in [0.3, 0.4) is 0 Å². The SMILES string of the molecule is CN1CCN(CC2CCCN(C(=O)c3c(O)cccc3F)C2)CC1. The number of amides is 1. The zero-order chi connectivity index (χ0) is 17.1. The second-order valence-corrected chi connectivity index (χ2v) is 7.00. The van der Waals surface area contributed by atoms with Crippen LogP contribution >= 0.6 is 0 Å². The fraction of sp³-hybridized carbons (Fsp3) is 0.611. The third-order valence-electron chi connectivity index (χ3n) is 5.12. The molecule has 1 atom stereocenters. The average molecular weight is 335 g/mol. The molecule has 0 aromatic heterocycles. The molecule has 3 rings (SSSR count). The molecule has 132 valence electrons. The molecule has 1 unspecified atom stereocenters. The fourth-order valence-electron chi connectivity index (χ4n) is 3.68. The van der Waals surface area contributed by atoms with Gasteiger partial charge in [-0.1, -0.05) is 6.07 Å². The van der Waals surface area contributed by atoms with Gasteiger partial charge < -0.3 is 19.8 Å². The molecule has 0 bridgehead atoms. The molecule has 2 heterocycles. The number of piperidine rings is 1.